The first-order valence-electron chi connectivity index (χ1n) is 4.90. The lowest BCUT2D eigenvalue weighted by Crippen LogP contribution is -2.11. The highest BCUT2D eigenvalue weighted by Crippen LogP contribution is 2.24. The molecule has 0 saturated carbocycles. The van der Waals surface area contributed by atoms with Gasteiger partial charge in [-0.2, -0.15) is 0 Å². The molecule has 18 heavy (non-hydrogen) atoms. The van der Waals surface area contributed by atoms with E-state index < -0.39 is 16.0 Å². The van der Waals surface area contributed by atoms with E-state index in [0.717, 1.165) is 11.3 Å². The molecule has 0 radical (unpaired) electrons. The number of benzene rings is 1. The molecular formula is C11H9NO4S2. The van der Waals surface area contributed by atoms with Crippen LogP contribution in [0.1, 0.15) is 9.67 Å². The summed E-state index contributed by atoms with van der Waals surface area (Å²) in [5, 5.41) is 9.02. The number of hydrogen-bond donors (Lipinski definition) is 2. The maximum absolute atomic E-state index is 11.9. The van der Waals surface area contributed by atoms with Crippen molar-refractivity contribution in [3.8, 4) is 0 Å². The van der Waals surface area contributed by atoms with Gasteiger partial charge >= 0.3 is 5.97 Å². The van der Waals surface area contributed by atoms with Gasteiger partial charge in [-0.05, 0) is 24.3 Å². The van der Waals surface area contributed by atoms with E-state index in [0.29, 0.717) is 0 Å². The van der Waals surface area contributed by atoms with Crippen LogP contribution in [-0.4, -0.2) is 19.5 Å². The van der Waals surface area contributed by atoms with Crippen molar-refractivity contribution in [2.24, 2.45) is 0 Å². The van der Waals surface area contributed by atoms with Gasteiger partial charge in [0.2, 0.25) is 0 Å². The predicted octanol–water partition coefficient (Wildman–Crippen LogP) is 2.25. The average molecular weight is 283 g/mol. The number of carboxylic acid groups (broad SMARTS) is 1. The van der Waals surface area contributed by atoms with Gasteiger partial charge in [-0.25, -0.2) is 13.2 Å². The summed E-state index contributed by atoms with van der Waals surface area (Å²) < 4.78 is 26.2. The molecule has 1 aromatic carbocycles. The molecule has 0 unspecified atom stereocenters. The Labute approximate surface area is 108 Å². The molecule has 94 valence electrons. The maximum atomic E-state index is 11.9. The van der Waals surface area contributed by atoms with Crippen LogP contribution >= 0.6 is 11.3 Å². The lowest BCUT2D eigenvalue weighted by molar-refractivity contribution is 0.0702. The number of nitrogens with one attached hydrogen (secondary N) is 1. The third kappa shape index (κ3) is 2.69. The van der Waals surface area contributed by atoms with Gasteiger partial charge < -0.3 is 5.11 Å². The monoisotopic (exact) mass is 283 g/mol. The van der Waals surface area contributed by atoms with Crippen molar-refractivity contribution in [2.45, 2.75) is 4.90 Å². The van der Waals surface area contributed by atoms with Crippen LogP contribution in [-0.2, 0) is 10.0 Å². The van der Waals surface area contributed by atoms with Crippen LogP contribution in [0.3, 0.4) is 0 Å². The van der Waals surface area contributed by atoms with E-state index in [1.54, 1.807) is 18.2 Å². The third-order valence-corrected chi connectivity index (χ3v) is 4.60. The topological polar surface area (TPSA) is 83.5 Å². The molecule has 7 heteroatoms. The van der Waals surface area contributed by atoms with E-state index in [9.17, 15) is 13.2 Å². The minimum Gasteiger partial charge on any atom is -0.477 e. The summed E-state index contributed by atoms with van der Waals surface area (Å²) in [7, 11) is -3.66. The SMILES string of the molecule is O=C(O)c1ccc(NS(=O)(=O)c2ccccc2)s1. The Bertz CT molecular complexity index is 661. The Morgan fingerprint density at radius 2 is 1.78 bits per heavy atom. The Morgan fingerprint density at radius 3 is 2.33 bits per heavy atom. The fourth-order valence-corrected chi connectivity index (χ4v) is 3.36. The summed E-state index contributed by atoms with van der Waals surface area (Å²) in [6.07, 6.45) is 0. The van der Waals surface area contributed by atoms with Gasteiger partial charge in [0.05, 0.1) is 4.90 Å². The Kier molecular flexibility index (Phi) is 3.35. The molecule has 2 aromatic rings. The summed E-state index contributed by atoms with van der Waals surface area (Å²) >= 11 is 0.873. The number of sulfonamides is 1. The van der Waals surface area contributed by atoms with Crippen LogP contribution in [0.2, 0.25) is 0 Å². The number of hydrogen-bond acceptors (Lipinski definition) is 4. The summed E-state index contributed by atoms with van der Waals surface area (Å²) in [4.78, 5) is 10.9. The largest absolute Gasteiger partial charge is 0.477 e. The zero-order valence-electron chi connectivity index (χ0n) is 9.03. The van der Waals surface area contributed by atoms with E-state index in [1.807, 2.05) is 0 Å². The fourth-order valence-electron chi connectivity index (χ4n) is 1.30. The highest BCUT2D eigenvalue weighted by atomic mass is 32.2. The molecule has 0 aliphatic carbocycles. The number of rotatable bonds is 4. The molecule has 0 saturated heterocycles. The zero-order chi connectivity index (χ0) is 13.2. The van der Waals surface area contributed by atoms with E-state index in [-0.39, 0.29) is 14.8 Å². The third-order valence-electron chi connectivity index (χ3n) is 2.11. The van der Waals surface area contributed by atoms with Crippen LogP contribution in [0.15, 0.2) is 47.4 Å². The van der Waals surface area contributed by atoms with Crippen molar-refractivity contribution in [1.29, 1.82) is 0 Å². The predicted molar refractivity (Wildman–Crippen MR) is 68.5 cm³/mol. The average Bonchev–Trinajstić information content (AvgIpc) is 2.78. The molecule has 0 aliphatic rings. The van der Waals surface area contributed by atoms with Gasteiger partial charge in [0.15, 0.2) is 0 Å². The molecular weight excluding hydrogens is 274 g/mol. The van der Waals surface area contributed by atoms with Gasteiger partial charge in [0.25, 0.3) is 10.0 Å². The molecule has 0 bridgehead atoms. The first-order chi connectivity index (χ1) is 8.49. The van der Waals surface area contributed by atoms with Crippen LogP contribution < -0.4 is 4.72 Å². The minimum absolute atomic E-state index is 0.0840. The summed E-state index contributed by atoms with van der Waals surface area (Å²) in [5.74, 6) is -1.08. The highest BCUT2D eigenvalue weighted by Gasteiger charge is 2.15. The molecule has 0 atom stereocenters. The smallest absolute Gasteiger partial charge is 0.345 e. The maximum Gasteiger partial charge on any atom is 0.345 e. The molecule has 1 aromatic heterocycles. The number of thiophene rings is 1. The molecule has 5 nitrogen and oxygen atoms in total. The van der Waals surface area contributed by atoms with E-state index in [4.69, 9.17) is 5.11 Å². The standard InChI is InChI=1S/C11H9NO4S2/c13-11(14)9-6-7-10(17-9)12-18(15,16)8-4-2-1-3-5-8/h1-7,12H,(H,13,14). The second kappa shape index (κ2) is 4.79. The summed E-state index contributed by atoms with van der Waals surface area (Å²) in [6.45, 7) is 0. The first kappa shape index (κ1) is 12.6. The van der Waals surface area contributed by atoms with Crippen molar-refractivity contribution in [2.75, 3.05) is 4.72 Å². The molecule has 1 heterocycles. The number of anilines is 1. The number of aromatic carboxylic acids is 1. The van der Waals surface area contributed by atoms with Gasteiger partial charge in [-0.3, -0.25) is 4.72 Å². The van der Waals surface area contributed by atoms with Crippen molar-refractivity contribution >= 4 is 32.3 Å². The molecule has 2 N–H and O–H groups in total. The van der Waals surface area contributed by atoms with Crippen molar-refractivity contribution in [1.82, 2.24) is 0 Å². The number of carboxylic acids is 1. The molecule has 0 spiro atoms. The summed E-state index contributed by atoms with van der Waals surface area (Å²) in [6, 6.07) is 10.7. The summed E-state index contributed by atoms with van der Waals surface area (Å²) in [5.41, 5.74) is 0. The Hall–Kier alpha value is -1.86. The van der Waals surface area contributed by atoms with Gasteiger partial charge in [-0.1, -0.05) is 18.2 Å². The van der Waals surface area contributed by atoms with E-state index in [1.165, 1.54) is 24.3 Å². The van der Waals surface area contributed by atoms with Gasteiger partial charge in [0, 0.05) is 0 Å². The lowest BCUT2D eigenvalue weighted by Gasteiger charge is -2.04. The van der Waals surface area contributed by atoms with Crippen LogP contribution in [0.4, 0.5) is 5.00 Å². The Morgan fingerprint density at radius 1 is 1.11 bits per heavy atom. The first-order valence-corrected chi connectivity index (χ1v) is 7.20. The zero-order valence-corrected chi connectivity index (χ0v) is 10.7. The molecule has 0 fully saturated rings. The quantitative estimate of drug-likeness (QED) is 0.901. The molecule has 0 amide bonds. The van der Waals surface area contributed by atoms with Gasteiger partial charge in [-0.15, -0.1) is 11.3 Å². The minimum atomic E-state index is -3.66. The Balaban J connectivity index is 2.25. The normalized spacial score (nSPS) is 11.1. The molecule has 0 aliphatic heterocycles. The second-order valence-electron chi connectivity index (χ2n) is 3.39. The molecule has 2 rings (SSSR count). The van der Waals surface area contributed by atoms with Crippen LogP contribution in [0.25, 0.3) is 0 Å². The van der Waals surface area contributed by atoms with Gasteiger partial charge in [0.1, 0.15) is 9.88 Å². The van der Waals surface area contributed by atoms with Crippen LogP contribution in [0, 0.1) is 0 Å². The van der Waals surface area contributed by atoms with E-state index in [2.05, 4.69) is 4.72 Å². The second-order valence-corrected chi connectivity index (χ2v) is 6.15. The van der Waals surface area contributed by atoms with Crippen molar-refractivity contribution in [3.63, 3.8) is 0 Å². The van der Waals surface area contributed by atoms with Crippen molar-refractivity contribution < 1.29 is 18.3 Å². The lowest BCUT2D eigenvalue weighted by atomic mass is 10.4. The van der Waals surface area contributed by atoms with E-state index >= 15 is 0 Å². The van der Waals surface area contributed by atoms with Crippen LogP contribution in [0.5, 0.6) is 0 Å². The number of carbonyl (C=O) groups is 1. The van der Waals surface area contributed by atoms with Crippen molar-refractivity contribution in [3.05, 3.63) is 47.3 Å². The fraction of sp³-hybridized carbons (Fsp3) is 0. The highest BCUT2D eigenvalue weighted by molar-refractivity contribution is 7.93.